The van der Waals surface area contributed by atoms with Gasteiger partial charge < -0.3 is 0 Å². The third kappa shape index (κ3) is 3.02. The van der Waals surface area contributed by atoms with Crippen LogP contribution in [0.15, 0.2) is 83.3 Å². The molecule has 0 spiro atoms. The zero-order chi connectivity index (χ0) is 20.8. The number of nitrogens with zero attached hydrogens (tertiary/aromatic N) is 2. The van der Waals surface area contributed by atoms with E-state index in [1.54, 1.807) is 5.06 Å². The maximum Gasteiger partial charge on any atom is 0.266 e. The lowest BCUT2D eigenvalue weighted by atomic mass is 9.90. The van der Waals surface area contributed by atoms with Gasteiger partial charge in [-0.05, 0) is 54.1 Å². The number of amides is 2. The Balaban J connectivity index is 1.58. The number of hydroxylamine groups is 1. The number of fused-ring (bicyclic) bond motifs is 1. The summed E-state index contributed by atoms with van der Waals surface area (Å²) in [5, 5.41) is 1.65. The lowest BCUT2D eigenvalue weighted by Crippen LogP contribution is -2.37. The van der Waals surface area contributed by atoms with Gasteiger partial charge in [-0.2, -0.15) is 0 Å². The Kier molecular flexibility index (Phi) is 4.64. The molecule has 0 aliphatic carbocycles. The highest BCUT2D eigenvalue weighted by Gasteiger charge is 2.60. The molecule has 0 N–H and O–H groups in total. The van der Waals surface area contributed by atoms with E-state index in [0.29, 0.717) is 5.69 Å². The molecule has 2 fully saturated rings. The van der Waals surface area contributed by atoms with Gasteiger partial charge in [0, 0.05) is 4.47 Å². The molecule has 30 heavy (non-hydrogen) atoms. The highest BCUT2D eigenvalue weighted by Crippen LogP contribution is 2.47. The highest BCUT2D eigenvalue weighted by molar-refractivity contribution is 9.10. The number of carbonyl (C=O) groups is 2. The van der Waals surface area contributed by atoms with Crippen LogP contribution in [0.4, 0.5) is 15.8 Å². The van der Waals surface area contributed by atoms with Crippen molar-refractivity contribution in [3.8, 4) is 0 Å². The van der Waals surface area contributed by atoms with Gasteiger partial charge in [0.05, 0.1) is 17.4 Å². The lowest BCUT2D eigenvalue weighted by molar-refractivity contribution is -0.126. The quantitative estimate of drug-likeness (QED) is 0.527. The molecule has 0 radical (unpaired) electrons. The van der Waals surface area contributed by atoms with Gasteiger partial charge in [0.1, 0.15) is 11.7 Å². The second-order valence-electron chi connectivity index (χ2n) is 7.20. The van der Waals surface area contributed by atoms with Gasteiger partial charge in [-0.15, -0.1) is 0 Å². The summed E-state index contributed by atoms with van der Waals surface area (Å²) in [6.45, 7) is 0. The van der Waals surface area contributed by atoms with Gasteiger partial charge in [-0.3, -0.25) is 14.4 Å². The molecule has 5 rings (SSSR count). The minimum absolute atomic E-state index is 0.338. The molecule has 0 aromatic heterocycles. The normalized spacial score (nSPS) is 23.2. The number of benzene rings is 3. The van der Waals surface area contributed by atoms with Crippen molar-refractivity contribution in [2.45, 2.75) is 12.1 Å². The van der Waals surface area contributed by atoms with Crippen LogP contribution in [-0.2, 0) is 14.4 Å². The van der Waals surface area contributed by atoms with Crippen molar-refractivity contribution in [2.75, 3.05) is 9.96 Å². The third-order valence-electron chi connectivity index (χ3n) is 5.42. The van der Waals surface area contributed by atoms with E-state index in [-0.39, 0.29) is 5.91 Å². The topological polar surface area (TPSA) is 49.9 Å². The zero-order valence-electron chi connectivity index (χ0n) is 15.6. The summed E-state index contributed by atoms with van der Waals surface area (Å²) in [5.41, 5.74) is 1.95. The molecule has 0 bridgehead atoms. The SMILES string of the molecule is O=C1[C@H]2[C@@H](ON(c3ccccc3)[C@H]2c2ccc(Br)cc2)C(=O)N1c1ccc(F)cc1. The van der Waals surface area contributed by atoms with Crippen molar-refractivity contribution in [1.29, 1.82) is 0 Å². The van der Waals surface area contributed by atoms with E-state index in [1.165, 1.54) is 24.3 Å². The molecule has 2 aliphatic rings. The first-order chi connectivity index (χ1) is 14.5. The Labute approximate surface area is 180 Å². The number of para-hydroxylation sites is 1. The van der Waals surface area contributed by atoms with Crippen LogP contribution in [0.25, 0.3) is 0 Å². The summed E-state index contributed by atoms with van der Waals surface area (Å²) >= 11 is 3.43. The highest BCUT2D eigenvalue weighted by atomic mass is 79.9. The molecule has 3 aromatic carbocycles. The van der Waals surface area contributed by atoms with Crippen LogP contribution in [0, 0.1) is 11.7 Å². The largest absolute Gasteiger partial charge is 0.273 e. The predicted molar refractivity (Wildman–Crippen MR) is 113 cm³/mol. The number of carbonyl (C=O) groups excluding carboxylic acids is 2. The van der Waals surface area contributed by atoms with Crippen LogP contribution < -0.4 is 9.96 Å². The van der Waals surface area contributed by atoms with Crippen molar-refractivity contribution in [2.24, 2.45) is 5.92 Å². The summed E-state index contributed by atoms with van der Waals surface area (Å²) in [6, 6.07) is 21.8. The van der Waals surface area contributed by atoms with Crippen LogP contribution >= 0.6 is 15.9 Å². The number of rotatable bonds is 3. The average Bonchev–Trinajstić information content (AvgIpc) is 3.27. The fourth-order valence-electron chi connectivity index (χ4n) is 4.06. The van der Waals surface area contributed by atoms with Crippen molar-refractivity contribution in [3.05, 3.63) is 94.7 Å². The second kappa shape index (κ2) is 7.34. The van der Waals surface area contributed by atoms with Gasteiger partial charge in [0.25, 0.3) is 5.91 Å². The Morgan fingerprint density at radius 3 is 2.13 bits per heavy atom. The average molecular weight is 467 g/mol. The first kappa shape index (κ1) is 19.0. The Morgan fingerprint density at radius 1 is 0.800 bits per heavy atom. The van der Waals surface area contributed by atoms with Crippen molar-refractivity contribution in [3.63, 3.8) is 0 Å². The Hall–Kier alpha value is -3.03. The smallest absolute Gasteiger partial charge is 0.266 e. The minimum atomic E-state index is -0.948. The van der Waals surface area contributed by atoms with Crippen molar-refractivity contribution >= 4 is 39.1 Å². The monoisotopic (exact) mass is 466 g/mol. The summed E-state index contributed by atoms with van der Waals surface area (Å²) in [7, 11) is 0. The molecule has 0 saturated carbocycles. The van der Waals surface area contributed by atoms with Gasteiger partial charge in [0.2, 0.25) is 5.91 Å². The summed E-state index contributed by atoms with van der Waals surface area (Å²) < 4.78 is 14.2. The summed E-state index contributed by atoms with van der Waals surface area (Å²) in [6.07, 6.45) is -0.948. The molecular weight excluding hydrogens is 451 g/mol. The van der Waals surface area contributed by atoms with Gasteiger partial charge in [0.15, 0.2) is 6.10 Å². The minimum Gasteiger partial charge on any atom is -0.273 e. The van der Waals surface area contributed by atoms with E-state index in [0.717, 1.165) is 20.6 Å². The number of imide groups is 1. The fourth-order valence-corrected chi connectivity index (χ4v) is 4.32. The molecule has 3 atom stereocenters. The number of hydrogen-bond donors (Lipinski definition) is 0. The molecule has 7 heteroatoms. The standard InChI is InChI=1S/C23H16BrFN2O3/c24-15-8-6-14(7-9-15)20-19-21(30-27(20)18-4-2-1-3-5-18)23(29)26(22(19)28)17-12-10-16(25)11-13-17/h1-13,19-21H/t19-,20+,21-/m1/s1. The number of halogens is 2. The molecule has 2 saturated heterocycles. The predicted octanol–water partition coefficient (Wildman–Crippen LogP) is 4.64. The van der Waals surface area contributed by atoms with E-state index in [4.69, 9.17) is 4.84 Å². The van der Waals surface area contributed by atoms with E-state index in [9.17, 15) is 14.0 Å². The lowest BCUT2D eigenvalue weighted by Gasteiger charge is -2.28. The zero-order valence-corrected chi connectivity index (χ0v) is 17.2. The fraction of sp³-hybridized carbons (Fsp3) is 0.130. The van der Waals surface area contributed by atoms with Crippen LogP contribution in [0.2, 0.25) is 0 Å². The maximum absolute atomic E-state index is 13.4. The van der Waals surface area contributed by atoms with Crippen LogP contribution in [-0.4, -0.2) is 17.9 Å². The molecule has 0 unspecified atom stereocenters. The van der Waals surface area contributed by atoms with Crippen molar-refractivity contribution in [1.82, 2.24) is 0 Å². The molecule has 5 nitrogen and oxygen atoms in total. The van der Waals surface area contributed by atoms with Gasteiger partial charge in [-0.1, -0.05) is 46.3 Å². The molecule has 3 aromatic rings. The van der Waals surface area contributed by atoms with Crippen molar-refractivity contribution < 1.29 is 18.8 Å². The van der Waals surface area contributed by atoms with Crippen LogP contribution in [0.1, 0.15) is 11.6 Å². The second-order valence-corrected chi connectivity index (χ2v) is 8.11. The van der Waals surface area contributed by atoms with Crippen LogP contribution in [0.5, 0.6) is 0 Å². The maximum atomic E-state index is 13.4. The molecular formula is C23H16BrFN2O3. The molecule has 2 amide bonds. The molecule has 2 heterocycles. The van der Waals surface area contributed by atoms with E-state index >= 15 is 0 Å². The van der Waals surface area contributed by atoms with Gasteiger partial charge >= 0.3 is 0 Å². The van der Waals surface area contributed by atoms with Crippen LogP contribution in [0.3, 0.4) is 0 Å². The Morgan fingerprint density at radius 2 is 1.47 bits per heavy atom. The van der Waals surface area contributed by atoms with E-state index in [1.807, 2.05) is 54.6 Å². The van der Waals surface area contributed by atoms with Gasteiger partial charge in [-0.25, -0.2) is 14.4 Å². The van der Waals surface area contributed by atoms with E-state index < -0.39 is 29.8 Å². The first-order valence-corrected chi connectivity index (χ1v) is 10.2. The number of anilines is 2. The summed E-state index contributed by atoms with van der Waals surface area (Å²) in [4.78, 5) is 33.7. The van der Waals surface area contributed by atoms with E-state index in [2.05, 4.69) is 15.9 Å². The first-order valence-electron chi connectivity index (χ1n) is 9.44. The Bertz CT molecular complexity index is 1110. The summed E-state index contributed by atoms with van der Waals surface area (Å²) in [5.74, 6) is -1.96. The number of hydrogen-bond acceptors (Lipinski definition) is 4. The third-order valence-corrected chi connectivity index (χ3v) is 5.95. The molecule has 150 valence electrons. The molecule has 2 aliphatic heterocycles.